The Labute approximate surface area is 416 Å². The first-order valence-corrected chi connectivity index (χ1v) is 24.7. The molecule has 1 heterocycles. The van der Waals surface area contributed by atoms with Crippen LogP contribution >= 0.6 is 0 Å². The zero-order valence-corrected chi connectivity index (χ0v) is 39.8. The van der Waals surface area contributed by atoms with Crippen LogP contribution in [0.25, 0.3) is 94.3 Å². The summed E-state index contributed by atoms with van der Waals surface area (Å²) in [5.74, 6) is 0. The highest BCUT2D eigenvalue weighted by molar-refractivity contribution is 6.07. The number of fused-ring (bicyclic) bond motifs is 5. The first-order chi connectivity index (χ1) is 35.0. The lowest BCUT2D eigenvalue weighted by atomic mass is 9.81. The number of benzene rings is 11. The molecule has 0 N–H and O–H groups in total. The largest absolute Gasteiger partial charge is 0.310 e. The molecule has 336 valence electrons. The van der Waals surface area contributed by atoms with Gasteiger partial charge in [0.1, 0.15) is 0 Å². The minimum Gasteiger partial charge on any atom is -0.310 e. The van der Waals surface area contributed by atoms with Crippen molar-refractivity contribution in [2.45, 2.75) is 19.3 Å². The van der Waals surface area contributed by atoms with Crippen molar-refractivity contribution in [1.82, 2.24) is 4.57 Å². The lowest BCUT2D eigenvalue weighted by molar-refractivity contribution is 0.660. The Kier molecular flexibility index (Phi) is 10.2. The first-order valence-electron chi connectivity index (χ1n) is 24.7. The average Bonchev–Trinajstić information content (AvgIpc) is 3.90. The summed E-state index contributed by atoms with van der Waals surface area (Å²) in [4.78, 5) is 2.40. The first kappa shape index (κ1) is 42.1. The Morgan fingerprint density at radius 3 is 1.38 bits per heavy atom. The second-order valence-electron chi connectivity index (χ2n) is 19.3. The standard InChI is InChI=1S/C69H50N2/c1-69(2)64-45-56(55-33-42-66-63(44-55)67(52-22-11-5-12-23-52)68(53-24-13-6-14-25-53)71(66)59-38-31-49-21-15-16-26-54(49)43-59)32-40-61(64)62-41-39-60(46-65(62)69)70(57-34-27-50(28-35-57)47-17-7-3-8-18-47)58-36-29-51(30-37-58)48-19-9-4-10-20-48/h3-46H,1-2H3. The van der Waals surface area contributed by atoms with Gasteiger partial charge in [0.15, 0.2) is 0 Å². The van der Waals surface area contributed by atoms with Crippen molar-refractivity contribution in [3.8, 4) is 72.6 Å². The van der Waals surface area contributed by atoms with E-state index in [4.69, 9.17) is 0 Å². The van der Waals surface area contributed by atoms with Gasteiger partial charge in [0.05, 0.1) is 11.2 Å². The maximum Gasteiger partial charge on any atom is 0.0619 e. The molecular weight excluding hydrogens is 857 g/mol. The molecule has 0 bridgehead atoms. The Morgan fingerprint density at radius 1 is 0.324 bits per heavy atom. The third-order valence-corrected chi connectivity index (χ3v) is 14.8. The monoisotopic (exact) mass is 906 g/mol. The van der Waals surface area contributed by atoms with Gasteiger partial charge in [-0.1, -0.05) is 214 Å². The predicted octanol–water partition coefficient (Wildman–Crippen LogP) is 18.9. The Hall–Kier alpha value is -8.98. The quantitative estimate of drug-likeness (QED) is 0.140. The molecule has 71 heavy (non-hydrogen) atoms. The lowest BCUT2D eigenvalue weighted by Gasteiger charge is -2.28. The van der Waals surface area contributed by atoms with Gasteiger partial charge in [-0.15, -0.1) is 0 Å². The zero-order valence-electron chi connectivity index (χ0n) is 39.8. The van der Waals surface area contributed by atoms with Crippen molar-refractivity contribution >= 4 is 38.7 Å². The Morgan fingerprint density at radius 2 is 0.775 bits per heavy atom. The molecule has 1 aliphatic carbocycles. The smallest absolute Gasteiger partial charge is 0.0619 e. The van der Waals surface area contributed by atoms with E-state index in [0.29, 0.717) is 0 Å². The minimum absolute atomic E-state index is 0.254. The fourth-order valence-electron chi connectivity index (χ4n) is 11.2. The van der Waals surface area contributed by atoms with Crippen molar-refractivity contribution in [2.24, 2.45) is 0 Å². The van der Waals surface area contributed by atoms with Gasteiger partial charge in [-0.3, -0.25) is 0 Å². The van der Waals surface area contributed by atoms with Crippen molar-refractivity contribution < 1.29 is 0 Å². The van der Waals surface area contributed by atoms with Crippen LogP contribution in [0.5, 0.6) is 0 Å². The van der Waals surface area contributed by atoms with Gasteiger partial charge < -0.3 is 9.47 Å². The maximum atomic E-state index is 2.47. The van der Waals surface area contributed by atoms with Crippen molar-refractivity contribution in [2.75, 3.05) is 4.90 Å². The van der Waals surface area contributed by atoms with Gasteiger partial charge in [-0.05, 0) is 144 Å². The molecular formula is C69H50N2. The predicted molar refractivity (Wildman–Crippen MR) is 300 cm³/mol. The van der Waals surface area contributed by atoms with Gasteiger partial charge in [0.2, 0.25) is 0 Å². The summed E-state index contributed by atoms with van der Waals surface area (Å²) in [5, 5.41) is 3.68. The van der Waals surface area contributed by atoms with Crippen LogP contribution in [0.4, 0.5) is 17.1 Å². The van der Waals surface area contributed by atoms with Crippen LogP contribution in [0.15, 0.2) is 267 Å². The van der Waals surface area contributed by atoms with Crippen LogP contribution in [-0.2, 0) is 5.41 Å². The molecule has 0 saturated carbocycles. The van der Waals surface area contributed by atoms with Crippen molar-refractivity contribution in [1.29, 1.82) is 0 Å². The SMILES string of the molecule is CC1(C)c2cc(-c3ccc4c(c3)c(-c3ccccc3)c(-c3ccccc3)n4-c3ccc4ccccc4c3)ccc2-c2ccc(N(c3ccc(-c4ccccc4)cc3)c3ccc(-c4ccccc4)cc3)cc21. The number of aromatic nitrogens is 1. The number of nitrogens with zero attached hydrogens (tertiary/aromatic N) is 2. The molecule has 0 amide bonds. The van der Waals surface area contributed by atoms with E-state index in [1.54, 1.807) is 0 Å². The molecule has 11 aromatic carbocycles. The highest BCUT2D eigenvalue weighted by Gasteiger charge is 2.36. The molecule has 0 saturated heterocycles. The van der Waals surface area contributed by atoms with Gasteiger partial charge in [-0.2, -0.15) is 0 Å². The van der Waals surface area contributed by atoms with Crippen LogP contribution in [0.2, 0.25) is 0 Å². The summed E-state index contributed by atoms with van der Waals surface area (Å²) in [5.41, 5.74) is 22.7. The van der Waals surface area contributed by atoms with E-state index < -0.39 is 0 Å². The maximum absolute atomic E-state index is 2.47. The zero-order chi connectivity index (χ0) is 47.5. The van der Waals surface area contributed by atoms with Crippen LogP contribution in [0.1, 0.15) is 25.0 Å². The number of hydrogen-bond donors (Lipinski definition) is 0. The fraction of sp³-hybridized carbons (Fsp3) is 0.0435. The van der Waals surface area contributed by atoms with E-state index >= 15 is 0 Å². The van der Waals surface area contributed by atoms with Crippen LogP contribution in [-0.4, -0.2) is 4.57 Å². The normalized spacial score (nSPS) is 12.5. The molecule has 12 aromatic rings. The van der Waals surface area contributed by atoms with Crippen LogP contribution in [0.3, 0.4) is 0 Å². The van der Waals surface area contributed by atoms with E-state index in [9.17, 15) is 0 Å². The molecule has 2 nitrogen and oxygen atoms in total. The van der Waals surface area contributed by atoms with Gasteiger partial charge in [0, 0.05) is 39.1 Å². The number of hydrogen-bond acceptors (Lipinski definition) is 1. The Bertz CT molecular complexity index is 3820. The summed E-state index contributed by atoms with van der Waals surface area (Å²) in [7, 11) is 0. The molecule has 2 heteroatoms. The van der Waals surface area contributed by atoms with Gasteiger partial charge >= 0.3 is 0 Å². The van der Waals surface area contributed by atoms with Crippen LogP contribution in [0, 0.1) is 0 Å². The molecule has 1 aliphatic rings. The van der Waals surface area contributed by atoms with E-state index in [2.05, 4.69) is 290 Å². The third kappa shape index (κ3) is 7.35. The highest BCUT2D eigenvalue weighted by Crippen LogP contribution is 2.52. The van der Waals surface area contributed by atoms with Gasteiger partial charge in [-0.25, -0.2) is 0 Å². The molecule has 0 unspecified atom stereocenters. The summed E-state index contributed by atoms with van der Waals surface area (Å²) in [6.07, 6.45) is 0. The fourth-order valence-corrected chi connectivity index (χ4v) is 11.2. The van der Waals surface area contributed by atoms with Crippen molar-refractivity contribution in [3.05, 3.63) is 278 Å². The molecule has 13 rings (SSSR count). The topological polar surface area (TPSA) is 8.17 Å². The van der Waals surface area contributed by atoms with E-state index in [0.717, 1.165) is 22.7 Å². The number of anilines is 3. The molecule has 1 aromatic heterocycles. The molecule has 0 aliphatic heterocycles. The summed E-state index contributed by atoms with van der Waals surface area (Å²) < 4.78 is 2.47. The molecule has 0 spiro atoms. The third-order valence-electron chi connectivity index (χ3n) is 14.8. The summed E-state index contributed by atoms with van der Waals surface area (Å²) in [6.45, 7) is 4.79. The van der Waals surface area contributed by atoms with E-state index in [1.165, 1.54) is 99.7 Å². The molecule has 0 radical (unpaired) electrons. The average molecular weight is 907 g/mol. The van der Waals surface area contributed by atoms with E-state index in [-0.39, 0.29) is 5.41 Å². The van der Waals surface area contributed by atoms with E-state index in [1.807, 2.05) is 0 Å². The Balaban J connectivity index is 0.918. The minimum atomic E-state index is -0.254. The lowest BCUT2D eigenvalue weighted by Crippen LogP contribution is -2.16. The highest BCUT2D eigenvalue weighted by atomic mass is 15.1. The summed E-state index contributed by atoms with van der Waals surface area (Å²) in [6, 6.07) is 97.8. The van der Waals surface area contributed by atoms with Gasteiger partial charge in [0.25, 0.3) is 0 Å². The number of rotatable bonds is 9. The second kappa shape index (κ2) is 17.2. The molecule has 0 fully saturated rings. The summed E-state index contributed by atoms with van der Waals surface area (Å²) >= 11 is 0. The van der Waals surface area contributed by atoms with Crippen molar-refractivity contribution in [3.63, 3.8) is 0 Å². The van der Waals surface area contributed by atoms with Crippen LogP contribution < -0.4 is 4.90 Å². The molecule has 0 atom stereocenters. The second-order valence-corrected chi connectivity index (χ2v) is 19.3.